The van der Waals surface area contributed by atoms with E-state index >= 15 is 0 Å². The number of carbonyl (C=O) groups excluding carboxylic acids is 1. The van der Waals surface area contributed by atoms with E-state index in [2.05, 4.69) is 15.6 Å². The Morgan fingerprint density at radius 3 is 2.71 bits per heavy atom. The average molecular weight is 352 g/mol. The highest BCUT2D eigenvalue weighted by molar-refractivity contribution is 7.91. The molecule has 0 aliphatic carbocycles. The maximum atomic E-state index is 11.8. The van der Waals surface area contributed by atoms with Gasteiger partial charge in [0.25, 0.3) is 0 Å². The molecule has 1 aromatic carbocycles. The van der Waals surface area contributed by atoms with Gasteiger partial charge in [-0.1, -0.05) is 6.07 Å². The van der Waals surface area contributed by atoms with Gasteiger partial charge < -0.3 is 16.4 Å². The van der Waals surface area contributed by atoms with Crippen LogP contribution in [0.1, 0.15) is 24.0 Å². The zero-order valence-corrected chi connectivity index (χ0v) is 14.8. The Balaban J connectivity index is 1.76. The van der Waals surface area contributed by atoms with Crippen LogP contribution in [0.4, 0.5) is 5.69 Å². The fraction of sp³-hybridized carbons (Fsp3) is 0.500. The monoisotopic (exact) mass is 352 g/mol. The normalized spacial score (nSPS) is 19.9. The van der Waals surface area contributed by atoms with E-state index in [0.717, 1.165) is 11.3 Å². The minimum atomic E-state index is -2.99. The van der Waals surface area contributed by atoms with Gasteiger partial charge in [-0.25, -0.2) is 8.42 Å². The number of nitrogens with one attached hydrogen (secondary N) is 2. The van der Waals surface area contributed by atoms with Crippen LogP contribution in [0.15, 0.2) is 23.2 Å². The molecule has 132 valence electrons. The number of hydrogen-bond acceptors (Lipinski definition) is 4. The van der Waals surface area contributed by atoms with Gasteiger partial charge in [0.05, 0.1) is 18.1 Å². The Morgan fingerprint density at radius 1 is 1.33 bits per heavy atom. The van der Waals surface area contributed by atoms with Crippen LogP contribution < -0.4 is 16.4 Å². The van der Waals surface area contributed by atoms with E-state index < -0.39 is 9.84 Å². The van der Waals surface area contributed by atoms with E-state index in [1.165, 1.54) is 5.56 Å². The van der Waals surface area contributed by atoms with E-state index in [-0.39, 0.29) is 42.4 Å². The number of guanidine groups is 1. The average Bonchev–Trinajstić information content (AvgIpc) is 2.81. The van der Waals surface area contributed by atoms with Gasteiger partial charge in [-0.2, -0.15) is 0 Å². The second-order valence-corrected chi connectivity index (χ2v) is 8.34. The van der Waals surface area contributed by atoms with Gasteiger partial charge in [0, 0.05) is 18.2 Å². The lowest BCUT2D eigenvalue weighted by atomic mass is 10.1. The maximum Gasteiger partial charge on any atom is 0.222 e. The second-order valence-electron chi connectivity index (χ2n) is 6.11. The standard InChI is InChI=1S/C16H24N4O3S/c1-11-3-4-13(9-12(11)2)20-16(17)18-7-5-15(21)19-14-6-8-24(22,23)10-14/h3-4,9,14H,5-8,10H2,1-2H3,(H,19,21)(H3,17,18,20). The molecule has 1 fully saturated rings. The van der Waals surface area contributed by atoms with Crippen molar-refractivity contribution in [2.75, 3.05) is 23.4 Å². The van der Waals surface area contributed by atoms with Crippen LogP contribution in [0, 0.1) is 13.8 Å². The molecular formula is C16H24N4O3S. The second kappa shape index (κ2) is 7.65. The Hall–Kier alpha value is -2.09. The molecule has 1 saturated heterocycles. The SMILES string of the molecule is Cc1ccc(NC(N)=NCCC(=O)NC2CCS(=O)(=O)C2)cc1C. The summed E-state index contributed by atoms with van der Waals surface area (Å²) in [7, 11) is -2.99. The fourth-order valence-electron chi connectivity index (χ4n) is 2.49. The van der Waals surface area contributed by atoms with E-state index in [1.54, 1.807) is 0 Å². The van der Waals surface area contributed by atoms with Gasteiger partial charge in [-0.05, 0) is 43.5 Å². The number of nitrogens with two attached hydrogens (primary N) is 1. The van der Waals surface area contributed by atoms with Crippen LogP contribution in [0.25, 0.3) is 0 Å². The van der Waals surface area contributed by atoms with Crippen LogP contribution in [0.5, 0.6) is 0 Å². The molecule has 7 nitrogen and oxygen atoms in total. The highest BCUT2D eigenvalue weighted by Crippen LogP contribution is 2.14. The van der Waals surface area contributed by atoms with Gasteiger partial charge in [-0.3, -0.25) is 9.79 Å². The minimum Gasteiger partial charge on any atom is -0.370 e. The number of anilines is 1. The zero-order chi connectivity index (χ0) is 17.7. The minimum absolute atomic E-state index is 0.0263. The van der Waals surface area contributed by atoms with Crippen molar-refractivity contribution in [3.8, 4) is 0 Å². The largest absolute Gasteiger partial charge is 0.370 e. The van der Waals surface area contributed by atoms with Crippen LogP contribution in [-0.2, 0) is 14.6 Å². The molecule has 24 heavy (non-hydrogen) atoms. The molecule has 1 heterocycles. The van der Waals surface area contributed by atoms with Crippen molar-refractivity contribution in [3.05, 3.63) is 29.3 Å². The zero-order valence-electron chi connectivity index (χ0n) is 14.0. The topological polar surface area (TPSA) is 114 Å². The summed E-state index contributed by atoms with van der Waals surface area (Å²) < 4.78 is 22.7. The number of sulfone groups is 1. The van der Waals surface area contributed by atoms with Crippen molar-refractivity contribution in [1.82, 2.24) is 5.32 Å². The van der Waals surface area contributed by atoms with E-state index in [1.807, 2.05) is 32.0 Å². The predicted octanol–water partition coefficient (Wildman–Crippen LogP) is 0.723. The summed E-state index contributed by atoms with van der Waals surface area (Å²) >= 11 is 0. The molecule has 0 spiro atoms. The van der Waals surface area contributed by atoms with Crippen LogP contribution in [0.3, 0.4) is 0 Å². The Bertz CT molecular complexity index is 744. The number of aryl methyl sites for hydroxylation is 2. The molecule has 8 heteroatoms. The first-order chi connectivity index (χ1) is 11.2. The summed E-state index contributed by atoms with van der Waals surface area (Å²) in [6, 6.07) is 5.61. The predicted molar refractivity (Wildman–Crippen MR) is 95.8 cm³/mol. The van der Waals surface area contributed by atoms with Crippen molar-refractivity contribution in [1.29, 1.82) is 0 Å². The van der Waals surface area contributed by atoms with E-state index in [9.17, 15) is 13.2 Å². The molecule has 4 N–H and O–H groups in total. The first-order valence-electron chi connectivity index (χ1n) is 7.89. The molecule has 0 saturated carbocycles. The van der Waals surface area contributed by atoms with Gasteiger partial charge >= 0.3 is 0 Å². The summed E-state index contributed by atoms with van der Waals surface area (Å²) in [4.78, 5) is 15.9. The van der Waals surface area contributed by atoms with Crippen LogP contribution in [0.2, 0.25) is 0 Å². The van der Waals surface area contributed by atoms with Gasteiger partial charge in [0.1, 0.15) is 0 Å². The Kier molecular flexibility index (Phi) is 5.82. The lowest BCUT2D eigenvalue weighted by molar-refractivity contribution is -0.121. The molecule has 1 atom stereocenters. The molecule has 0 aromatic heterocycles. The molecule has 1 unspecified atom stereocenters. The number of aliphatic imine (C=N–C) groups is 1. The van der Waals surface area contributed by atoms with E-state index in [4.69, 9.17) is 5.73 Å². The van der Waals surface area contributed by atoms with Crippen molar-refractivity contribution in [2.24, 2.45) is 10.7 Å². The smallest absolute Gasteiger partial charge is 0.222 e. The summed E-state index contributed by atoms with van der Waals surface area (Å²) in [6.45, 7) is 4.29. The number of nitrogens with zero attached hydrogens (tertiary/aromatic N) is 1. The lowest BCUT2D eigenvalue weighted by Gasteiger charge is -2.10. The molecule has 0 radical (unpaired) electrons. The van der Waals surface area contributed by atoms with Crippen LogP contribution >= 0.6 is 0 Å². The molecule has 1 amide bonds. The van der Waals surface area contributed by atoms with Gasteiger partial charge in [0.2, 0.25) is 5.91 Å². The third-order valence-electron chi connectivity index (χ3n) is 4.00. The quantitative estimate of drug-likeness (QED) is 0.534. The first kappa shape index (κ1) is 18.3. The number of benzene rings is 1. The lowest BCUT2D eigenvalue weighted by Crippen LogP contribution is -2.36. The Morgan fingerprint density at radius 2 is 2.08 bits per heavy atom. The summed E-state index contributed by atoms with van der Waals surface area (Å²) in [5.41, 5.74) is 9.00. The van der Waals surface area contributed by atoms with Crippen molar-refractivity contribution in [2.45, 2.75) is 32.7 Å². The molecule has 1 aliphatic rings. The van der Waals surface area contributed by atoms with E-state index in [0.29, 0.717) is 6.42 Å². The summed E-state index contributed by atoms with van der Waals surface area (Å²) in [6.07, 6.45) is 0.652. The fourth-order valence-corrected chi connectivity index (χ4v) is 4.17. The summed E-state index contributed by atoms with van der Waals surface area (Å²) in [5, 5.41) is 5.71. The molecule has 0 bridgehead atoms. The molecular weight excluding hydrogens is 328 g/mol. The van der Waals surface area contributed by atoms with Gasteiger partial charge in [0.15, 0.2) is 15.8 Å². The van der Waals surface area contributed by atoms with Crippen LogP contribution in [-0.4, -0.2) is 44.4 Å². The number of amides is 1. The first-order valence-corrected chi connectivity index (χ1v) is 9.71. The van der Waals surface area contributed by atoms with Gasteiger partial charge in [-0.15, -0.1) is 0 Å². The number of carbonyl (C=O) groups is 1. The highest BCUT2D eigenvalue weighted by atomic mass is 32.2. The highest BCUT2D eigenvalue weighted by Gasteiger charge is 2.28. The maximum absolute atomic E-state index is 11.8. The van der Waals surface area contributed by atoms with Crippen molar-refractivity contribution >= 4 is 27.4 Å². The van der Waals surface area contributed by atoms with Crippen molar-refractivity contribution < 1.29 is 13.2 Å². The Labute approximate surface area is 142 Å². The summed E-state index contributed by atoms with van der Waals surface area (Å²) in [5.74, 6) is 0.204. The number of hydrogen-bond donors (Lipinski definition) is 3. The van der Waals surface area contributed by atoms with Crippen molar-refractivity contribution in [3.63, 3.8) is 0 Å². The third-order valence-corrected chi connectivity index (χ3v) is 5.77. The molecule has 2 rings (SSSR count). The molecule has 1 aromatic rings. The third kappa shape index (κ3) is 5.52. The molecule has 1 aliphatic heterocycles. The number of rotatable bonds is 5.